The maximum atomic E-state index is 12.7. The van der Waals surface area contributed by atoms with Crippen molar-refractivity contribution in [1.29, 1.82) is 0 Å². The van der Waals surface area contributed by atoms with E-state index in [-0.39, 0.29) is 22.8 Å². The number of halogens is 4. The van der Waals surface area contributed by atoms with Gasteiger partial charge in [-0.05, 0) is 34.1 Å². The lowest BCUT2D eigenvalue weighted by Crippen LogP contribution is -2.07. The first-order chi connectivity index (χ1) is 11.8. The topological polar surface area (TPSA) is 64.5 Å². The standard InChI is InChI=1S/C15H14BrF3N2O3S/c1-23-13-14(24-2)21-10(6-20-13)12(7-22)25-11-4-3-8(5-9(11)16)15(17,18)19/h3-6,12,22H,7H2,1-2H3/t12-/m0/s1. The van der Waals surface area contributed by atoms with Gasteiger partial charge in [-0.15, -0.1) is 11.8 Å². The number of alkyl halides is 3. The van der Waals surface area contributed by atoms with E-state index in [1.807, 2.05) is 0 Å². The first kappa shape index (κ1) is 19.8. The molecule has 5 nitrogen and oxygen atoms in total. The SMILES string of the molecule is COc1ncc([C@H](CO)Sc2ccc(C(F)(F)F)cc2Br)nc1OC. The highest BCUT2D eigenvalue weighted by molar-refractivity contribution is 9.10. The summed E-state index contributed by atoms with van der Waals surface area (Å²) < 4.78 is 48.6. The monoisotopic (exact) mass is 438 g/mol. The van der Waals surface area contributed by atoms with Crippen molar-refractivity contribution in [2.24, 2.45) is 0 Å². The van der Waals surface area contributed by atoms with Crippen LogP contribution in [0.15, 0.2) is 33.8 Å². The molecule has 2 aromatic rings. The molecule has 136 valence electrons. The molecular weight excluding hydrogens is 425 g/mol. The Morgan fingerprint density at radius 3 is 2.44 bits per heavy atom. The second-order valence-electron chi connectivity index (χ2n) is 4.75. The number of hydrogen-bond acceptors (Lipinski definition) is 6. The van der Waals surface area contributed by atoms with Gasteiger partial charge in [0.2, 0.25) is 0 Å². The normalized spacial score (nSPS) is 12.8. The Morgan fingerprint density at radius 1 is 1.24 bits per heavy atom. The number of benzene rings is 1. The van der Waals surface area contributed by atoms with E-state index in [1.165, 1.54) is 26.5 Å². The zero-order chi connectivity index (χ0) is 18.6. The highest BCUT2D eigenvalue weighted by Crippen LogP contribution is 2.41. The second-order valence-corrected chi connectivity index (χ2v) is 6.84. The van der Waals surface area contributed by atoms with E-state index in [2.05, 4.69) is 25.9 Å². The van der Waals surface area contributed by atoms with Gasteiger partial charge in [-0.25, -0.2) is 9.97 Å². The summed E-state index contributed by atoms with van der Waals surface area (Å²) in [6.45, 7) is -0.289. The maximum absolute atomic E-state index is 12.7. The zero-order valence-corrected chi connectivity index (χ0v) is 15.6. The number of aromatic nitrogens is 2. The molecule has 0 radical (unpaired) electrons. The first-order valence-electron chi connectivity index (χ1n) is 6.89. The zero-order valence-electron chi connectivity index (χ0n) is 13.2. The summed E-state index contributed by atoms with van der Waals surface area (Å²) in [6, 6.07) is 3.33. The van der Waals surface area contributed by atoms with Crippen molar-refractivity contribution < 1.29 is 27.8 Å². The lowest BCUT2D eigenvalue weighted by molar-refractivity contribution is -0.137. The average molecular weight is 439 g/mol. The fourth-order valence-electron chi connectivity index (χ4n) is 1.92. The van der Waals surface area contributed by atoms with Crippen LogP contribution in [0.4, 0.5) is 13.2 Å². The van der Waals surface area contributed by atoms with Crippen LogP contribution in [0.5, 0.6) is 11.8 Å². The molecule has 0 aliphatic heterocycles. The van der Waals surface area contributed by atoms with Gasteiger partial charge in [-0.1, -0.05) is 0 Å². The molecule has 25 heavy (non-hydrogen) atoms. The van der Waals surface area contributed by atoms with E-state index in [4.69, 9.17) is 9.47 Å². The quantitative estimate of drug-likeness (QED) is 0.684. The third kappa shape index (κ3) is 4.77. The minimum absolute atomic E-state index is 0.158. The van der Waals surface area contributed by atoms with E-state index >= 15 is 0 Å². The number of methoxy groups -OCH3 is 2. The molecule has 2 rings (SSSR count). The van der Waals surface area contributed by atoms with Crippen molar-refractivity contribution in [2.75, 3.05) is 20.8 Å². The Morgan fingerprint density at radius 2 is 1.92 bits per heavy atom. The predicted molar refractivity (Wildman–Crippen MR) is 90.0 cm³/mol. The van der Waals surface area contributed by atoms with Crippen LogP contribution in [0.1, 0.15) is 16.5 Å². The van der Waals surface area contributed by atoms with E-state index in [1.54, 1.807) is 0 Å². The van der Waals surface area contributed by atoms with Crippen LogP contribution in [-0.4, -0.2) is 35.9 Å². The number of hydrogen-bond donors (Lipinski definition) is 1. The van der Waals surface area contributed by atoms with E-state index in [0.29, 0.717) is 10.6 Å². The maximum Gasteiger partial charge on any atom is 0.416 e. The van der Waals surface area contributed by atoms with Gasteiger partial charge in [0.1, 0.15) is 0 Å². The molecule has 0 amide bonds. The minimum atomic E-state index is -4.42. The Hall–Kier alpha value is -1.52. The molecule has 0 spiro atoms. The van der Waals surface area contributed by atoms with Crippen molar-refractivity contribution in [3.05, 3.63) is 40.1 Å². The van der Waals surface area contributed by atoms with Gasteiger partial charge < -0.3 is 14.6 Å². The summed E-state index contributed by atoms with van der Waals surface area (Å²) in [5.41, 5.74) is -0.341. The highest BCUT2D eigenvalue weighted by atomic mass is 79.9. The molecule has 0 aliphatic carbocycles. The van der Waals surface area contributed by atoms with E-state index in [0.717, 1.165) is 23.9 Å². The summed E-state index contributed by atoms with van der Waals surface area (Å²) in [5, 5.41) is 9.11. The smallest absolute Gasteiger partial charge is 0.416 e. The predicted octanol–water partition coefficient (Wildman–Crippen LogP) is 4.10. The third-order valence-electron chi connectivity index (χ3n) is 3.14. The summed E-state index contributed by atoms with van der Waals surface area (Å²) in [7, 11) is 2.83. The molecule has 1 atom stereocenters. The van der Waals surface area contributed by atoms with E-state index in [9.17, 15) is 18.3 Å². The molecule has 0 bridgehead atoms. The van der Waals surface area contributed by atoms with Crippen LogP contribution in [-0.2, 0) is 6.18 Å². The molecule has 0 fully saturated rings. The number of aliphatic hydroxyl groups excluding tert-OH is 1. The Bertz CT molecular complexity index is 746. The Labute approximate surface area is 154 Å². The van der Waals surface area contributed by atoms with Crippen molar-refractivity contribution >= 4 is 27.7 Å². The number of rotatable bonds is 6. The van der Waals surface area contributed by atoms with Gasteiger partial charge in [-0.2, -0.15) is 13.2 Å². The summed E-state index contributed by atoms with van der Waals surface area (Å²) in [6.07, 6.45) is -3.00. The Balaban J connectivity index is 2.28. The van der Waals surface area contributed by atoms with Crippen LogP contribution in [0.25, 0.3) is 0 Å². The number of nitrogens with zero attached hydrogens (tertiary/aromatic N) is 2. The number of aliphatic hydroxyl groups is 1. The van der Waals surface area contributed by atoms with Gasteiger partial charge in [0.25, 0.3) is 11.8 Å². The van der Waals surface area contributed by atoms with Gasteiger partial charge in [0.15, 0.2) is 0 Å². The molecule has 1 N–H and O–H groups in total. The van der Waals surface area contributed by atoms with E-state index < -0.39 is 17.0 Å². The molecule has 1 aromatic carbocycles. The Kier molecular flexibility index (Phi) is 6.53. The van der Waals surface area contributed by atoms with Crippen LogP contribution in [0.3, 0.4) is 0 Å². The van der Waals surface area contributed by atoms with Crippen LogP contribution >= 0.6 is 27.7 Å². The summed E-state index contributed by atoms with van der Waals surface area (Å²) in [5.74, 6) is 0.356. The number of thioether (sulfide) groups is 1. The molecule has 1 aromatic heterocycles. The van der Waals surface area contributed by atoms with Crippen molar-refractivity contribution in [3.63, 3.8) is 0 Å². The van der Waals surface area contributed by atoms with Crippen molar-refractivity contribution in [2.45, 2.75) is 16.3 Å². The average Bonchev–Trinajstić information content (AvgIpc) is 2.59. The lowest BCUT2D eigenvalue weighted by Gasteiger charge is -2.16. The highest BCUT2D eigenvalue weighted by Gasteiger charge is 2.31. The fraction of sp³-hybridized carbons (Fsp3) is 0.333. The van der Waals surface area contributed by atoms with Crippen molar-refractivity contribution in [1.82, 2.24) is 9.97 Å². The molecule has 1 heterocycles. The van der Waals surface area contributed by atoms with Gasteiger partial charge in [0, 0.05) is 9.37 Å². The first-order valence-corrected chi connectivity index (χ1v) is 8.56. The van der Waals surface area contributed by atoms with Crippen molar-refractivity contribution in [3.8, 4) is 11.8 Å². The summed E-state index contributed by atoms with van der Waals surface area (Å²) >= 11 is 4.29. The molecule has 0 aliphatic rings. The van der Waals surface area contributed by atoms with Gasteiger partial charge >= 0.3 is 6.18 Å². The largest absolute Gasteiger partial charge is 0.477 e. The fourth-order valence-corrected chi connectivity index (χ4v) is 3.51. The second kappa shape index (κ2) is 8.24. The van der Waals surface area contributed by atoms with Crippen LogP contribution in [0, 0.1) is 0 Å². The number of ether oxygens (including phenoxy) is 2. The lowest BCUT2D eigenvalue weighted by atomic mass is 10.2. The van der Waals surface area contributed by atoms with Gasteiger partial charge in [0.05, 0.1) is 43.5 Å². The van der Waals surface area contributed by atoms with Crippen LogP contribution in [0.2, 0.25) is 0 Å². The molecule has 10 heteroatoms. The van der Waals surface area contributed by atoms with Gasteiger partial charge in [-0.3, -0.25) is 0 Å². The molecule has 0 unspecified atom stereocenters. The third-order valence-corrected chi connectivity index (χ3v) is 5.34. The minimum Gasteiger partial charge on any atom is -0.477 e. The molecule has 0 saturated heterocycles. The summed E-state index contributed by atoms with van der Waals surface area (Å²) in [4.78, 5) is 8.81. The molecule has 0 saturated carbocycles. The molecular formula is C15H14BrF3N2O3S. The van der Waals surface area contributed by atoms with Crippen LogP contribution < -0.4 is 9.47 Å².